The molecule has 1 aromatic rings. The maximum atomic E-state index is 13.0. The van der Waals surface area contributed by atoms with Crippen LogP contribution in [0.4, 0.5) is 5.69 Å². The predicted molar refractivity (Wildman–Crippen MR) is 116 cm³/mol. The Morgan fingerprint density at radius 2 is 1.97 bits per heavy atom. The number of benzene rings is 1. The lowest BCUT2D eigenvalue weighted by atomic mass is 9.72. The first-order valence-corrected chi connectivity index (χ1v) is 10.3. The number of allylic oxidation sites excluding steroid dienone is 1. The van der Waals surface area contributed by atoms with Crippen molar-refractivity contribution >= 4 is 17.4 Å². The van der Waals surface area contributed by atoms with Gasteiger partial charge in [0.05, 0.1) is 18.8 Å². The monoisotopic (exact) mass is 399 g/mol. The summed E-state index contributed by atoms with van der Waals surface area (Å²) >= 11 is 0. The number of ketones is 1. The molecule has 0 aliphatic carbocycles. The minimum absolute atomic E-state index is 0.274. The van der Waals surface area contributed by atoms with Crippen molar-refractivity contribution in [1.29, 1.82) is 0 Å². The average Bonchev–Trinajstić information content (AvgIpc) is 2.69. The first kappa shape index (κ1) is 22.9. The molecule has 3 atom stereocenters. The zero-order valence-corrected chi connectivity index (χ0v) is 18.0. The fourth-order valence-electron chi connectivity index (χ4n) is 3.47. The Balaban J connectivity index is 2.14. The number of hydrogen-bond acceptors (Lipinski definition) is 5. The zero-order valence-electron chi connectivity index (χ0n) is 18.0. The first-order valence-electron chi connectivity index (χ1n) is 10.3. The summed E-state index contributed by atoms with van der Waals surface area (Å²) in [5, 5.41) is 3.17. The molecule has 0 aromatic heterocycles. The average molecular weight is 400 g/mol. The molecule has 0 amide bonds. The van der Waals surface area contributed by atoms with Crippen molar-refractivity contribution in [2.24, 2.45) is 5.41 Å². The smallest absolute Gasteiger partial charge is 0.322 e. The third kappa shape index (κ3) is 5.36. The number of carbonyl (C=O) groups excluding carboxylic acids is 2. The second-order valence-electron chi connectivity index (χ2n) is 7.95. The molecule has 158 valence electrons. The number of rotatable bonds is 9. The molecular weight excluding hydrogens is 366 g/mol. The Labute approximate surface area is 174 Å². The minimum atomic E-state index is -1.36. The van der Waals surface area contributed by atoms with Gasteiger partial charge in [-0.2, -0.15) is 0 Å². The van der Waals surface area contributed by atoms with Gasteiger partial charge < -0.3 is 14.8 Å². The van der Waals surface area contributed by atoms with Gasteiger partial charge in [0.15, 0.2) is 11.2 Å². The Kier molecular flexibility index (Phi) is 7.80. The van der Waals surface area contributed by atoms with Crippen LogP contribution in [0.2, 0.25) is 0 Å². The molecule has 3 unspecified atom stereocenters. The van der Waals surface area contributed by atoms with Gasteiger partial charge in [-0.05, 0) is 57.7 Å². The summed E-state index contributed by atoms with van der Waals surface area (Å²) in [7, 11) is 0. The molecule has 1 N–H and O–H groups in total. The van der Waals surface area contributed by atoms with Gasteiger partial charge >= 0.3 is 5.97 Å². The summed E-state index contributed by atoms with van der Waals surface area (Å²) in [6.07, 6.45) is 1.93. The van der Waals surface area contributed by atoms with Crippen molar-refractivity contribution in [3.05, 3.63) is 54.3 Å². The Bertz CT molecular complexity index is 768. The lowest BCUT2D eigenvalue weighted by molar-refractivity contribution is -0.177. The molecule has 1 aromatic carbocycles. The second-order valence-corrected chi connectivity index (χ2v) is 7.95. The summed E-state index contributed by atoms with van der Waals surface area (Å²) in [4.78, 5) is 25.8. The van der Waals surface area contributed by atoms with E-state index in [0.29, 0.717) is 25.0 Å². The molecule has 0 spiro atoms. The van der Waals surface area contributed by atoms with Crippen molar-refractivity contribution in [3.63, 3.8) is 0 Å². The lowest BCUT2D eigenvalue weighted by Crippen LogP contribution is -2.55. The molecule has 0 radical (unpaired) electrons. The summed E-state index contributed by atoms with van der Waals surface area (Å²) in [6, 6.07) is 8.02. The fraction of sp³-hybridized carbons (Fsp3) is 0.500. The van der Waals surface area contributed by atoms with Crippen molar-refractivity contribution in [3.8, 4) is 0 Å². The summed E-state index contributed by atoms with van der Waals surface area (Å²) in [6.45, 7) is 15.3. The molecule has 5 heteroatoms. The van der Waals surface area contributed by atoms with Crippen LogP contribution >= 0.6 is 0 Å². The number of unbranched alkanes of at least 4 members (excludes halogenated alkanes) is 1. The highest BCUT2D eigenvalue weighted by molar-refractivity contribution is 6.13. The van der Waals surface area contributed by atoms with Gasteiger partial charge in [0.25, 0.3) is 0 Å². The molecule has 1 saturated heterocycles. The normalized spacial score (nSPS) is 24.3. The molecule has 2 rings (SSSR count). The van der Waals surface area contributed by atoms with E-state index in [1.165, 1.54) is 0 Å². The number of anilines is 1. The number of Topliss-reactive ketones (excluding diaryl/α,β-unsaturated/α-hetero) is 1. The van der Waals surface area contributed by atoms with Gasteiger partial charge in [0, 0.05) is 17.0 Å². The largest absolute Gasteiger partial charge is 0.465 e. The van der Waals surface area contributed by atoms with E-state index in [0.717, 1.165) is 29.8 Å². The van der Waals surface area contributed by atoms with Crippen molar-refractivity contribution in [1.82, 2.24) is 0 Å². The maximum absolute atomic E-state index is 13.0. The number of esters is 1. The molecule has 1 fully saturated rings. The van der Waals surface area contributed by atoms with E-state index in [1.807, 2.05) is 38.1 Å². The quantitative estimate of drug-likeness (QED) is 0.279. The molecule has 5 nitrogen and oxygen atoms in total. The third-order valence-corrected chi connectivity index (χ3v) is 5.43. The summed E-state index contributed by atoms with van der Waals surface area (Å²) in [5.41, 5.74) is 1.91. The van der Waals surface area contributed by atoms with Gasteiger partial charge in [0.1, 0.15) is 0 Å². The van der Waals surface area contributed by atoms with Gasteiger partial charge in [-0.25, -0.2) is 0 Å². The highest BCUT2D eigenvalue weighted by Crippen LogP contribution is 2.39. The number of hydrogen-bond donors (Lipinski definition) is 1. The van der Waals surface area contributed by atoms with E-state index in [2.05, 4.69) is 18.5 Å². The Morgan fingerprint density at radius 3 is 2.55 bits per heavy atom. The number of carbonyl (C=O) groups is 2. The van der Waals surface area contributed by atoms with Gasteiger partial charge in [0.2, 0.25) is 0 Å². The van der Waals surface area contributed by atoms with Crippen molar-refractivity contribution < 1.29 is 19.1 Å². The summed E-state index contributed by atoms with van der Waals surface area (Å²) < 4.78 is 11.5. The molecule has 29 heavy (non-hydrogen) atoms. The topological polar surface area (TPSA) is 64.6 Å². The number of aryl methyl sites for hydroxylation is 1. The van der Waals surface area contributed by atoms with Gasteiger partial charge in [-0.3, -0.25) is 9.59 Å². The SMILES string of the molecule is C=C(C)Nc1ccc(CCC2OC(C)C(=C)C(=O)C2(C)C(=O)OCCCC)cc1. The van der Waals surface area contributed by atoms with Crippen LogP contribution in [0.15, 0.2) is 48.7 Å². The van der Waals surface area contributed by atoms with E-state index in [4.69, 9.17) is 9.47 Å². The van der Waals surface area contributed by atoms with E-state index < -0.39 is 23.6 Å². The van der Waals surface area contributed by atoms with Crippen LogP contribution in [-0.4, -0.2) is 30.6 Å². The van der Waals surface area contributed by atoms with Crippen LogP contribution in [0.5, 0.6) is 0 Å². The van der Waals surface area contributed by atoms with Crippen LogP contribution < -0.4 is 5.32 Å². The lowest BCUT2D eigenvalue weighted by Gasteiger charge is -2.41. The van der Waals surface area contributed by atoms with Crippen LogP contribution in [0.25, 0.3) is 0 Å². The van der Waals surface area contributed by atoms with Gasteiger partial charge in [-0.15, -0.1) is 0 Å². The predicted octanol–water partition coefficient (Wildman–Crippen LogP) is 4.83. The minimum Gasteiger partial charge on any atom is -0.465 e. The highest BCUT2D eigenvalue weighted by atomic mass is 16.5. The maximum Gasteiger partial charge on any atom is 0.322 e. The first-order chi connectivity index (χ1) is 13.7. The number of nitrogens with one attached hydrogen (secondary N) is 1. The van der Waals surface area contributed by atoms with Crippen molar-refractivity contribution in [2.45, 2.75) is 65.6 Å². The molecule has 1 heterocycles. The standard InChI is InChI=1S/C24H33NO4/c1-7-8-15-28-23(27)24(6)21(29-18(5)17(4)22(24)26)14-11-19-9-12-20(13-10-19)25-16(2)3/h9-10,12-13,18,21,25H,2,4,7-8,11,14-15H2,1,3,5-6H3. The fourth-order valence-corrected chi connectivity index (χ4v) is 3.47. The van der Waals surface area contributed by atoms with E-state index in [1.54, 1.807) is 13.8 Å². The molecule has 0 bridgehead atoms. The second kappa shape index (κ2) is 9.88. The molecular formula is C24H33NO4. The Morgan fingerprint density at radius 1 is 1.31 bits per heavy atom. The van der Waals surface area contributed by atoms with Crippen molar-refractivity contribution in [2.75, 3.05) is 11.9 Å². The van der Waals surface area contributed by atoms with Crippen LogP contribution in [0, 0.1) is 5.41 Å². The Hall–Kier alpha value is -2.40. The van der Waals surface area contributed by atoms with Crippen LogP contribution in [-0.2, 0) is 25.5 Å². The summed E-state index contributed by atoms with van der Waals surface area (Å²) in [5.74, 6) is -0.793. The van der Waals surface area contributed by atoms with Crippen LogP contribution in [0.1, 0.15) is 52.5 Å². The third-order valence-electron chi connectivity index (χ3n) is 5.43. The molecule has 1 aliphatic rings. The van der Waals surface area contributed by atoms with E-state index >= 15 is 0 Å². The van der Waals surface area contributed by atoms with E-state index in [9.17, 15) is 9.59 Å². The molecule has 1 aliphatic heterocycles. The van der Waals surface area contributed by atoms with E-state index in [-0.39, 0.29) is 5.78 Å². The highest BCUT2D eigenvalue weighted by Gasteiger charge is 2.54. The van der Waals surface area contributed by atoms with Gasteiger partial charge in [-0.1, -0.05) is 38.6 Å². The number of ether oxygens (including phenoxy) is 2. The zero-order chi connectivity index (χ0) is 21.6. The van der Waals surface area contributed by atoms with Crippen LogP contribution in [0.3, 0.4) is 0 Å². The molecule has 0 saturated carbocycles.